The molecular weight excluding hydrogens is 664 g/mol. The summed E-state index contributed by atoms with van der Waals surface area (Å²) in [5.74, 6) is 0.340. The van der Waals surface area contributed by atoms with Gasteiger partial charge in [-0.1, -0.05) is 102 Å². The molecule has 4 aromatic carbocycles. The fourth-order valence-corrected chi connectivity index (χ4v) is 7.94. The summed E-state index contributed by atoms with van der Waals surface area (Å²) in [6.07, 6.45) is 1.76. The van der Waals surface area contributed by atoms with Crippen LogP contribution in [-0.2, 0) is 16.1 Å². The zero-order chi connectivity index (χ0) is 33.2. The van der Waals surface area contributed by atoms with Gasteiger partial charge in [-0.25, -0.2) is 9.79 Å². The predicted octanol–water partition coefficient (Wildman–Crippen LogP) is 7.39. The van der Waals surface area contributed by atoms with Crippen LogP contribution < -0.4 is 24.4 Å². The molecule has 1 aliphatic heterocycles. The maximum atomic E-state index is 14.2. The van der Waals surface area contributed by atoms with E-state index in [0.717, 1.165) is 26.8 Å². The molecule has 0 saturated heterocycles. The molecule has 7 rings (SSSR count). The maximum Gasteiger partial charge on any atom is 0.338 e. The number of esters is 1. The van der Waals surface area contributed by atoms with Crippen molar-refractivity contribution in [2.45, 2.75) is 19.6 Å². The Labute approximate surface area is 289 Å². The second kappa shape index (κ2) is 13.6. The lowest BCUT2D eigenvalue weighted by Gasteiger charge is -2.24. The fraction of sp³-hybridized carbons (Fsp3) is 0.132. The summed E-state index contributed by atoms with van der Waals surface area (Å²) in [6, 6.07) is 30.4. The van der Waals surface area contributed by atoms with Crippen molar-refractivity contribution in [2.75, 3.05) is 13.7 Å². The molecule has 0 N–H and O–H groups in total. The normalized spacial score (nSPS) is 14.5. The summed E-state index contributed by atoms with van der Waals surface area (Å²) in [5.41, 5.74) is 2.96. The molecule has 240 valence electrons. The highest BCUT2D eigenvalue weighted by molar-refractivity contribution is 7.10. The van der Waals surface area contributed by atoms with E-state index in [1.54, 1.807) is 36.8 Å². The van der Waals surface area contributed by atoms with Gasteiger partial charge in [-0.3, -0.25) is 9.36 Å². The van der Waals surface area contributed by atoms with Crippen LogP contribution in [0.1, 0.15) is 34.5 Å². The van der Waals surface area contributed by atoms with Gasteiger partial charge in [0.25, 0.3) is 5.56 Å². The molecule has 0 bridgehead atoms. The van der Waals surface area contributed by atoms with Crippen molar-refractivity contribution in [3.63, 3.8) is 0 Å². The van der Waals surface area contributed by atoms with Gasteiger partial charge >= 0.3 is 5.97 Å². The first-order valence-corrected chi connectivity index (χ1v) is 17.3. The van der Waals surface area contributed by atoms with E-state index in [0.29, 0.717) is 49.3 Å². The van der Waals surface area contributed by atoms with Crippen LogP contribution >= 0.6 is 34.3 Å². The van der Waals surface area contributed by atoms with Gasteiger partial charge in [0.15, 0.2) is 16.3 Å². The quantitative estimate of drug-likeness (QED) is 0.148. The third kappa shape index (κ3) is 5.96. The number of thiophene rings is 1. The maximum absolute atomic E-state index is 14.2. The van der Waals surface area contributed by atoms with E-state index < -0.39 is 12.0 Å². The number of fused-ring (bicyclic) bond motifs is 2. The number of methoxy groups -OCH3 is 1. The molecule has 0 unspecified atom stereocenters. The lowest BCUT2D eigenvalue weighted by molar-refractivity contribution is -0.138. The minimum absolute atomic E-state index is 0.191. The topological polar surface area (TPSA) is 79.1 Å². The molecule has 2 aromatic heterocycles. The molecule has 0 aliphatic carbocycles. The van der Waals surface area contributed by atoms with Gasteiger partial charge in [-0.15, -0.1) is 11.3 Å². The number of carbonyl (C=O) groups excluding carboxylic acids is 1. The standard InChI is InChI=1S/C38H29ClN2O5S2/c1-3-45-37(43)32-33(25-12-5-4-6-13-25)40-38-41(34(32)30-17-10-18-47-30)36(42)31(48-38)21-23-19-28(39)35(29(20-23)44-2)46-22-26-15-9-14-24-11-7-8-16-27(24)26/h4-21,34H,3,22H2,1-2H3/b31-21-/t34-/m0/s1. The molecular formula is C38H29ClN2O5S2. The molecule has 0 amide bonds. The highest BCUT2D eigenvalue weighted by atomic mass is 35.5. The zero-order valence-electron chi connectivity index (χ0n) is 26.0. The Morgan fingerprint density at radius 2 is 1.79 bits per heavy atom. The average molecular weight is 693 g/mol. The fourth-order valence-electron chi connectivity index (χ4n) is 5.84. The Bertz CT molecular complexity index is 2360. The number of benzene rings is 4. The number of ether oxygens (including phenoxy) is 3. The average Bonchev–Trinajstić information content (AvgIpc) is 3.75. The minimum Gasteiger partial charge on any atom is -0.493 e. The first-order valence-electron chi connectivity index (χ1n) is 15.3. The summed E-state index contributed by atoms with van der Waals surface area (Å²) in [7, 11) is 1.55. The van der Waals surface area contributed by atoms with Crippen molar-refractivity contribution in [1.82, 2.24) is 4.57 Å². The first-order chi connectivity index (χ1) is 23.5. The number of hydrogen-bond acceptors (Lipinski definition) is 8. The van der Waals surface area contributed by atoms with Crippen LogP contribution in [0.3, 0.4) is 0 Å². The van der Waals surface area contributed by atoms with Gasteiger partial charge in [-0.05, 0) is 58.5 Å². The number of rotatable bonds is 9. The highest BCUT2D eigenvalue weighted by Crippen LogP contribution is 2.39. The van der Waals surface area contributed by atoms with Crippen LogP contribution in [0.2, 0.25) is 5.02 Å². The number of halogens is 1. The third-order valence-corrected chi connectivity index (χ3v) is 10.2. The number of hydrogen-bond donors (Lipinski definition) is 0. The number of thiazole rings is 1. The molecule has 1 atom stereocenters. The van der Waals surface area contributed by atoms with Crippen LogP contribution in [0.4, 0.5) is 0 Å². The van der Waals surface area contributed by atoms with Crippen molar-refractivity contribution in [3.8, 4) is 11.5 Å². The van der Waals surface area contributed by atoms with Crippen molar-refractivity contribution in [3.05, 3.63) is 154 Å². The Kier molecular flexibility index (Phi) is 8.99. The second-order valence-electron chi connectivity index (χ2n) is 10.9. The molecule has 0 spiro atoms. The van der Waals surface area contributed by atoms with Crippen LogP contribution in [0, 0.1) is 0 Å². The Morgan fingerprint density at radius 3 is 2.56 bits per heavy atom. The van der Waals surface area contributed by atoms with Gasteiger partial charge in [0.05, 0.1) is 34.5 Å². The van der Waals surface area contributed by atoms with Crippen molar-refractivity contribution in [1.29, 1.82) is 0 Å². The summed E-state index contributed by atoms with van der Waals surface area (Å²) >= 11 is 9.50. The summed E-state index contributed by atoms with van der Waals surface area (Å²) < 4.78 is 19.5. The van der Waals surface area contributed by atoms with E-state index in [1.165, 1.54) is 22.7 Å². The highest BCUT2D eigenvalue weighted by Gasteiger charge is 2.35. The molecule has 48 heavy (non-hydrogen) atoms. The molecule has 0 fully saturated rings. The molecule has 6 aromatic rings. The van der Waals surface area contributed by atoms with Crippen molar-refractivity contribution in [2.24, 2.45) is 4.99 Å². The number of aromatic nitrogens is 1. The SMILES string of the molecule is CCOC(=O)C1=C(c2ccccc2)N=c2s/c(=C\c3cc(Cl)c(OCc4cccc5ccccc45)c(OC)c3)c(=O)n2[C@H]1c1cccs1. The minimum atomic E-state index is -0.708. The Morgan fingerprint density at radius 1 is 1.00 bits per heavy atom. The van der Waals surface area contributed by atoms with Gasteiger partial charge in [-0.2, -0.15) is 0 Å². The van der Waals surface area contributed by atoms with Gasteiger partial charge in [0.1, 0.15) is 12.6 Å². The predicted molar refractivity (Wildman–Crippen MR) is 192 cm³/mol. The monoisotopic (exact) mass is 692 g/mol. The Hall–Kier alpha value is -4.96. The van der Waals surface area contributed by atoms with Gasteiger partial charge in [0, 0.05) is 10.4 Å². The summed E-state index contributed by atoms with van der Waals surface area (Å²) in [6.45, 7) is 2.25. The van der Waals surface area contributed by atoms with Gasteiger partial charge < -0.3 is 14.2 Å². The summed E-state index contributed by atoms with van der Waals surface area (Å²) in [4.78, 5) is 33.9. The first kappa shape index (κ1) is 31.6. The van der Waals surface area contributed by atoms with E-state index in [4.69, 9.17) is 30.8 Å². The molecule has 0 saturated carbocycles. The molecule has 0 radical (unpaired) electrons. The lowest BCUT2D eigenvalue weighted by atomic mass is 9.97. The van der Waals surface area contributed by atoms with Crippen LogP contribution in [0.5, 0.6) is 11.5 Å². The van der Waals surface area contributed by atoms with E-state index in [1.807, 2.05) is 72.1 Å². The van der Waals surface area contributed by atoms with E-state index in [2.05, 4.69) is 18.2 Å². The van der Waals surface area contributed by atoms with Crippen LogP contribution in [0.15, 0.2) is 118 Å². The van der Waals surface area contributed by atoms with Crippen LogP contribution in [-0.4, -0.2) is 24.3 Å². The van der Waals surface area contributed by atoms with Crippen molar-refractivity contribution >= 4 is 62.8 Å². The third-order valence-electron chi connectivity index (χ3n) is 7.99. The zero-order valence-corrected chi connectivity index (χ0v) is 28.4. The molecule has 10 heteroatoms. The summed E-state index contributed by atoms with van der Waals surface area (Å²) in [5, 5.41) is 4.50. The Balaban J connectivity index is 1.31. The molecule has 3 heterocycles. The number of nitrogens with zero attached hydrogens (tertiary/aromatic N) is 2. The largest absolute Gasteiger partial charge is 0.493 e. The number of carbonyl (C=O) groups is 1. The van der Waals surface area contributed by atoms with E-state index in [-0.39, 0.29) is 12.2 Å². The smallest absolute Gasteiger partial charge is 0.338 e. The molecule has 7 nitrogen and oxygen atoms in total. The van der Waals surface area contributed by atoms with Gasteiger partial charge in [0.2, 0.25) is 0 Å². The lowest BCUT2D eigenvalue weighted by Crippen LogP contribution is -2.39. The van der Waals surface area contributed by atoms with Crippen molar-refractivity contribution < 1.29 is 19.0 Å². The van der Waals surface area contributed by atoms with E-state index in [9.17, 15) is 9.59 Å². The second-order valence-corrected chi connectivity index (χ2v) is 13.3. The molecule has 1 aliphatic rings. The van der Waals surface area contributed by atoms with E-state index >= 15 is 0 Å². The van der Waals surface area contributed by atoms with Crippen LogP contribution in [0.25, 0.3) is 22.5 Å².